The van der Waals surface area contributed by atoms with Gasteiger partial charge in [0.15, 0.2) is 0 Å². The quantitative estimate of drug-likeness (QED) is 0.550. The Morgan fingerprint density at radius 2 is 1.97 bits per heavy atom. The molecule has 3 atom stereocenters. The summed E-state index contributed by atoms with van der Waals surface area (Å²) >= 11 is 0. The summed E-state index contributed by atoms with van der Waals surface area (Å²) in [5, 5.41) is 9.97. The molecular weight excluding hydrogens is 396 g/mol. The third-order valence-electron chi connectivity index (χ3n) is 5.99. The number of hydrogen-bond acceptors (Lipinski definition) is 5. The number of benzene rings is 1. The van der Waals surface area contributed by atoms with Gasteiger partial charge in [-0.1, -0.05) is 12.2 Å². The Morgan fingerprint density at radius 1 is 1.16 bits per heavy atom. The molecule has 2 aromatic rings. The molecule has 0 unspecified atom stereocenters. The van der Waals surface area contributed by atoms with Gasteiger partial charge < -0.3 is 15.4 Å². The van der Waals surface area contributed by atoms with Crippen molar-refractivity contribution in [2.45, 2.75) is 26.3 Å². The Kier molecular flexibility index (Phi) is 5.63. The smallest absolute Gasteiger partial charge is 0.337 e. The van der Waals surface area contributed by atoms with Gasteiger partial charge in [0.25, 0.3) is 5.91 Å². The summed E-state index contributed by atoms with van der Waals surface area (Å²) in [6.07, 6.45) is 6.29. The van der Waals surface area contributed by atoms with Gasteiger partial charge in [0, 0.05) is 25.2 Å². The molecule has 8 nitrogen and oxygen atoms in total. The first-order valence-corrected chi connectivity index (χ1v) is 10.3. The highest BCUT2D eigenvalue weighted by molar-refractivity contribution is 6.04. The van der Waals surface area contributed by atoms with Crippen molar-refractivity contribution in [1.82, 2.24) is 15.1 Å². The van der Waals surface area contributed by atoms with Crippen LogP contribution in [0.2, 0.25) is 0 Å². The molecule has 8 heteroatoms. The predicted octanol–water partition coefficient (Wildman–Crippen LogP) is 2.60. The van der Waals surface area contributed by atoms with Gasteiger partial charge >= 0.3 is 5.97 Å². The topological polar surface area (TPSA) is 102 Å². The third kappa shape index (κ3) is 4.38. The first kappa shape index (κ1) is 20.8. The summed E-state index contributed by atoms with van der Waals surface area (Å²) in [6.45, 7) is 2.07. The molecule has 4 rings (SSSR count). The standard InChI is InChI=1S/C23H26N4O4/c1-13-6-20(27(2)26-13)22(29)25-18-9-15(8-17(11-18)23(30)31-3)12-24-21(28)19-10-14-4-5-16(19)7-14/h4-6,8-9,11,14,16,19H,7,10,12H2,1-3H3,(H,24,28)(H,25,29)/t14-,16+,19-/m1/s1. The van der Waals surface area contributed by atoms with Gasteiger partial charge in [-0.2, -0.15) is 5.10 Å². The van der Waals surface area contributed by atoms with Gasteiger partial charge in [0.05, 0.1) is 18.4 Å². The van der Waals surface area contributed by atoms with Crippen molar-refractivity contribution in [3.8, 4) is 0 Å². The zero-order chi connectivity index (χ0) is 22.1. The third-order valence-corrected chi connectivity index (χ3v) is 5.99. The summed E-state index contributed by atoms with van der Waals surface area (Å²) < 4.78 is 6.34. The molecule has 0 spiro atoms. The molecular formula is C23H26N4O4. The van der Waals surface area contributed by atoms with Crippen molar-refractivity contribution in [3.63, 3.8) is 0 Å². The van der Waals surface area contributed by atoms with E-state index in [0.29, 0.717) is 34.3 Å². The molecule has 162 valence electrons. The van der Waals surface area contributed by atoms with Crippen LogP contribution in [0, 0.1) is 24.7 Å². The van der Waals surface area contributed by atoms with Gasteiger partial charge in [-0.05, 0) is 61.4 Å². The fourth-order valence-electron chi connectivity index (χ4n) is 4.52. The minimum atomic E-state index is -0.515. The summed E-state index contributed by atoms with van der Waals surface area (Å²) in [6, 6.07) is 6.65. The predicted molar refractivity (Wildman–Crippen MR) is 114 cm³/mol. The molecule has 2 N–H and O–H groups in total. The van der Waals surface area contributed by atoms with Gasteiger partial charge in [0.1, 0.15) is 5.69 Å². The minimum absolute atomic E-state index is 0.00560. The molecule has 0 aliphatic heterocycles. The van der Waals surface area contributed by atoms with Crippen molar-refractivity contribution < 1.29 is 19.1 Å². The maximum Gasteiger partial charge on any atom is 0.337 e. The SMILES string of the molecule is COC(=O)c1cc(CNC(=O)[C@@H]2C[C@@H]3C=C[C@H]2C3)cc(NC(=O)c2cc(C)nn2C)c1. The fourth-order valence-corrected chi connectivity index (χ4v) is 4.52. The van der Waals surface area contributed by atoms with E-state index < -0.39 is 5.97 Å². The van der Waals surface area contributed by atoms with E-state index in [-0.39, 0.29) is 24.3 Å². The summed E-state index contributed by atoms with van der Waals surface area (Å²) in [7, 11) is 2.99. The molecule has 2 amide bonds. The van der Waals surface area contributed by atoms with E-state index in [4.69, 9.17) is 4.74 Å². The van der Waals surface area contributed by atoms with Gasteiger partial charge in [0.2, 0.25) is 5.91 Å². The number of ether oxygens (including phenoxy) is 1. The number of nitrogens with one attached hydrogen (secondary N) is 2. The average Bonchev–Trinajstić information content (AvgIpc) is 3.46. The molecule has 2 bridgehead atoms. The second kappa shape index (κ2) is 8.37. The Morgan fingerprint density at radius 3 is 2.58 bits per heavy atom. The van der Waals surface area contributed by atoms with Crippen molar-refractivity contribution in [3.05, 3.63) is 58.9 Å². The number of aryl methyl sites for hydroxylation is 2. The second-order valence-electron chi connectivity index (χ2n) is 8.26. The van der Waals surface area contributed by atoms with Crippen LogP contribution in [-0.2, 0) is 23.1 Å². The van der Waals surface area contributed by atoms with Crippen LogP contribution < -0.4 is 10.6 Å². The largest absolute Gasteiger partial charge is 0.465 e. The maximum absolute atomic E-state index is 12.7. The number of hydrogen-bond donors (Lipinski definition) is 2. The number of rotatable bonds is 6. The first-order valence-electron chi connectivity index (χ1n) is 10.3. The monoisotopic (exact) mass is 422 g/mol. The summed E-state index contributed by atoms with van der Waals surface area (Å²) in [4.78, 5) is 37.4. The lowest BCUT2D eigenvalue weighted by Gasteiger charge is -2.18. The Bertz CT molecular complexity index is 1070. The molecule has 0 saturated heterocycles. The molecule has 1 fully saturated rings. The number of carbonyl (C=O) groups is 3. The molecule has 2 aliphatic carbocycles. The van der Waals surface area contributed by atoms with E-state index in [1.54, 1.807) is 38.2 Å². The zero-order valence-corrected chi connectivity index (χ0v) is 17.8. The highest BCUT2D eigenvalue weighted by Gasteiger charge is 2.39. The molecule has 2 aliphatic rings. The van der Waals surface area contributed by atoms with Crippen LogP contribution in [-0.4, -0.2) is 34.7 Å². The Hall–Kier alpha value is -3.42. The van der Waals surface area contributed by atoms with E-state index in [9.17, 15) is 14.4 Å². The van der Waals surface area contributed by atoms with E-state index >= 15 is 0 Å². The van der Waals surface area contributed by atoms with E-state index in [0.717, 1.165) is 18.5 Å². The van der Waals surface area contributed by atoms with E-state index in [1.807, 2.05) is 0 Å². The average molecular weight is 422 g/mol. The number of esters is 1. The number of allylic oxidation sites excluding steroid dienone is 2. The molecule has 31 heavy (non-hydrogen) atoms. The second-order valence-corrected chi connectivity index (χ2v) is 8.26. The minimum Gasteiger partial charge on any atom is -0.465 e. The highest BCUT2D eigenvalue weighted by Crippen LogP contribution is 2.43. The van der Waals surface area contributed by atoms with Crippen molar-refractivity contribution in [2.75, 3.05) is 12.4 Å². The number of carbonyl (C=O) groups excluding carboxylic acids is 3. The molecule has 1 saturated carbocycles. The van der Waals surface area contributed by atoms with Gasteiger partial charge in [-0.15, -0.1) is 0 Å². The summed E-state index contributed by atoms with van der Waals surface area (Å²) in [5.41, 5.74) is 2.58. The maximum atomic E-state index is 12.7. The zero-order valence-electron chi connectivity index (χ0n) is 17.8. The van der Waals surface area contributed by atoms with Crippen molar-refractivity contribution in [1.29, 1.82) is 0 Å². The lowest BCUT2D eigenvalue weighted by molar-refractivity contribution is -0.125. The van der Waals surface area contributed by atoms with Crippen molar-refractivity contribution >= 4 is 23.5 Å². The number of fused-ring (bicyclic) bond motifs is 2. The van der Waals surface area contributed by atoms with Crippen LogP contribution in [0.3, 0.4) is 0 Å². The Balaban J connectivity index is 1.49. The van der Waals surface area contributed by atoms with E-state index in [2.05, 4.69) is 27.9 Å². The number of nitrogens with zero attached hydrogens (tertiary/aromatic N) is 2. The fraction of sp³-hybridized carbons (Fsp3) is 0.391. The molecule has 1 aromatic heterocycles. The lowest BCUT2D eigenvalue weighted by Crippen LogP contribution is -2.32. The van der Waals surface area contributed by atoms with Crippen LogP contribution in [0.25, 0.3) is 0 Å². The highest BCUT2D eigenvalue weighted by atomic mass is 16.5. The number of aromatic nitrogens is 2. The van der Waals surface area contributed by atoms with Gasteiger partial charge in [-0.25, -0.2) is 4.79 Å². The normalized spacial score (nSPS) is 21.2. The number of anilines is 1. The lowest BCUT2D eigenvalue weighted by atomic mass is 9.93. The number of amides is 2. The van der Waals surface area contributed by atoms with Crippen LogP contribution in [0.5, 0.6) is 0 Å². The Labute approximate surface area is 180 Å². The van der Waals surface area contributed by atoms with Gasteiger partial charge in [-0.3, -0.25) is 14.3 Å². The molecule has 0 radical (unpaired) electrons. The van der Waals surface area contributed by atoms with Crippen molar-refractivity contribution in [2.24, 2.45) is 24.8 Å². The molecule has 1 heterocycles. The number of methoxy groups -OCH3 is 1. The first-order chi connectivity index (χ1) is 14.8. The summed E-state index contributed by atoms with van der Waals surface area (Å²) in [5.74, 6) is 0.0129. The van der Waals surface area contributed by atoms with Crippen LogP contribution in [0.1, 0.15) is 44.9 Å². The van der Waals surface area contributed by atoms with Crippen LogP contribution >= 0.6 is 0 Å². The van der Waals surface area contributed by atoms with E-state index in [1.165, 1.54) is 11.8 Å². The van der Waals surface area contributed by atoms with Crippen LogP contribution in [0.15, 0.2) is 36.4 Å². The van der Waals surface area contributed by atoms with Crippen LogP contribution in [0.4, 0.5) is 5.69 Å². The molecule has 1 aromatic carbocycles.